The van der Waals surface area contributed by atoms with Crippen LogP contribution >= 0.6 is 23.1 Å². The summed E-state index contributed by atoms with van der Waals surface area (Å²) in [5.74, 6) is 1.96. The highest BCUT2D eigenvalue weighted by molar-refractivity contribution is 8.03. The van der Waals surface area contributed by atoms with E-state index in [9.17, 15) is 4.79 Å². The third kappa shape index (κ3) is 8.13. The van der Waals surface area contributed by atoms with E-state index in [4.69, 9.17) is 19.5 Å². The van der Waals surface area contributed by atoms with Gasteiger partial charge in [0.05, 0.1) is 36.1 Å². The summed E-state index contributed by atoms with van der Waals surface area (Å²) in [7, 11) is 5.10. The molecule has 37 heavy (non-hydrogen) atoms. The number of ether oxygens (including phenoxy) is 3. The van der Waals surface area contributed by atoms with Crippen LogP contribution in [0.2, 0.25) is 0 Å². The molecule has 1 atom stereocenters. The van der Waals surface area contributed by atoms with E-state index in [2.05, 4.69) is 37.3 Å². The predicted molar refractivity (Wildman–Crippen MR) is 154 cm³/mol. The van der Waals surface area contributed by atoms with E-state index in [0.717, 1.165) is 32.3 Å². The van der Waals surface area contributed by atoms with Crippen LogP contribution in [0.25, 0.3) is 10.2 Å². The number of thiazole rings is 1. The molecule has 0 aliphatic rings. The second kappa shape index (κ2) is 14.7. The van der Waals surface area contributed by atoms with E-state index >= 15 is 0 Å². The van der Waals surface area contributed by atoms with Gasteiger partial charge in [0.25, 0.3) is 0 Å². The maximum Gasteiger partial charge on any atom is 0.183 e. The van der Waals surface area contributed by atoms with Gasteiger partial charge in [-0.05, 0) is 24.3 Å². The predicted octanol–water partition coefficient (Wildman–Crippen LogP) is 6.63. The lowest BCUT2D eigenvalue weighted by Gasteiger charge is -2.18. The lowest BCUT2D eigenvalue weighted by Crippen LogP contribution is -2.21. The number of carbonyl (C=O) groups is 1. The average molecular weight is 538 g/mol. The Bertz CT molecular complexity index is 1250. The largest absolute Gasteiger partial charge is 0.493 e. The maximum absolute atomic E-state index is 11.4. The van der Waals surface area contributed by atoms with Crippen LogP contribution in [0.4, 0.5) is 5.13 Å². The molecule has 194 valence electrons. The van der Waals surface area contributed by atoms with Crippen LogP contribution in [0.1, 0.15) is 19.4 Å². The number of thioether (sulfide) groups is 1. The summed E-state index contributed by atoms with van der Waals surface area (Å²) < 4.78 is 17.2. The maximum atomic E-state index is 11.4. The molecule has 3 aromatic rings. The molecular weight excluding hydrogens is 506 g/mol. The van der Waals surface area contributed by atoms with Crippen molar-refractivity contribution in [1.29, 1.82) is 5.26 Å². The SMILES string of the molecule is C=C/C(SC(C)C)=C(\C=C)C(C=O)Oc1ccc(C#N)cc1.CNc1nc2cc(OC)c(OC)cc2s1. The molecule has 0 amide bonds. The molecule has 0 spiro atoms. The Kier molecular flexibility index (Phi) is 11.7. The Morgan fingerprint density at radius 2 is 1.78 bits per heavy atom. The van der Waals surface area contributed by atoms with E-state index < -0.39 is 6.10 Å². The number of nitriles is 1. The Morgan fingerprint density at radius 3 is 2.27 bits per heavy atom. The number of nitrogens with zero attached hydrogens (tertiary/aromatic N) is 2. The number of methoxy groups -OCH3 is 2. The van der Waals surface area contributed by atoms with E-state index in [0.29, 0.717) is 27.9 Å². The van der Waals surface area contributed by atoms with Crippen LogP contribution in [0, 0.1) is 11.3 Å². The molecular formula is C28H31N3O4S2. The first-order chi connectivity index (χ1) is 17.8. The number of hydrogen-bond donors (Lipinski definition) is 1. The number of fused-ring (bicyclic) bond motifs is 1. The summed E-state index contributed by atoms with van der Waals surface area (Å²) in [5, 5.41) is 13.0. The number of benzene rings is 2. The minimum Gasteiger partial charge on any atom is -0.493 e. The molecule has 9 heteroatoms. The first-order valence-electron chi connectivity index (χ1n) is 11.3. The molecule has 0 radical (unpaired) electrons. The van der Waals surface area contributed by atoms with Gasteiger partial charge in [-0.15, -0.1) is 11.8 Å². The highest BCUT2D eigenvalue weighted by Crippen LogP contribution is 2.36. The molecule has 2 aromatic carbocycles. The summed E-state index contributed by atoms with van der Waals surface area (Å²) >= 11 is 3.19. The molecule has 0 bridgehead atoms. The molecule has 0 aliphatic carbocycles. The quantitative estimate of drug-likeness (QED) is 0.215. The summed E-state index contributed by atoms with van der Waals surface area (Å²) in [5.41, 5.74) is 2.15. The molecule has 0 saturated carbocycles. The Hall–Kier alpha value is -3.74. The van der Waals surface area contributed by atoms with E-state index in [1.165, 1.54) is 0 Å². The smallest absolute Gasteiger partial charge is 0.183 e. The van der Waals surface area contributed by atoms with E-state index in [1.54, 1.807) is 73.7 Å². The van der Waals surface area contributed by atoms with Gasteiger partial charge in [-0.3, -0.25) is 4.79 Å². The van der Waals surface area contributed by atoms with Crippen molar-refractivity contribution in [3.05, 3.63) is 77.7 Å². The number of nitrogens with one attached hydrogen (secondary N) is 1. The Morgan fingerprint density at radius 1 is 1.14 bits per heavy atom. The molecule has 1 unspecified atom stereocenters. The summed E-state index contributed by atoms with van der Waals surface area (Å²) in [6.07, 6.45) is 3.30. The number of carbonyl (C=O) groups excluding carboxylic acids is 1. The summed E-state index contributed by atoms with van der Waals surface area (Å²) in [4.78, 5) is 16.7. The zero-order chi connectivity index (χ0) is 27.4. The van der Waals surface area contributed by atoms with Crippen LogP contribution in [-0.2, 0) is 4.79 Å². The lowest BCUT2D eigenvalue weighted by atomic mass is 10.1. The highest BCUT2D eigenvalue weighted by atomic mass is 32.2. The van der Waals surface area contributed by atoms with Crippen LogP contribution in [0.3, 0.4) is 0 Å². The summed E-state index contributed by atoms with van der Waals surface area (Å²) in [6, 6.07) is 12.5. The van der Waals surface area contributed by atoms with Crippen LogP contribution in [0.15, 0.2) is 72.2 Å². The highest BCUT2D eigenvalue weighted by Gasteiger charge is 2.17. The van der Waals surface area contributed by atoms with E-state index in [-0.39, 0.29) is 0 Å². The first kappa shape index (κ1) is 29.5. The molecule has 3 rings (SSSR count). The third-order valence-electron chi connectivity index (χ3n) is 4.84. The Labute approximate surface area is 226 Å². The molecule has 0 fully saturated rings. The van der Waals surface area contributed by atoms with Gasteiger partial charge in [0, 0.05) is 34.9 Å². The number of rotatable bonds is 11. The molecule has 1 aromatic heterocycles. The number of allylic oxidation sites excluding steroid dienone is 1. The zero-order valence-electron chi connectivity index (χ0n) is 21.6. The van der Waals surface area contributed by atoms with Crippen molar-refractivity contribution >= 4 is 44.7 Å². The molecule has 0 aliphatic heterocycles. The van der Waals surface area contributed by atoms with Gasteiger partial charge in [-0.1, -0.05) is 50.5 Å². The topological polar surface area (TPSA) is 93.5 Å². The standard InChI is InChI=1S/C18H19NO2S.C10H12N2O2S/c1-5-16(18(6-2)22-13(3)4)17(12-20)21-15-9-7-14(11-19)8-10-15;1-11-10-12-6-4-7(13-2)8(14-3)5-9(6)15-10/h5-10,12-13,17H,1-2H2,3-4H3;4-5H,1-3H3,(H,11,12)/b18-16-;. The van der Waals surface area contributed by atoms with E-state index in [1.807, 2.05) is 25.2 Å². The molecule has 1 heterocycles. The number of aromatic nitrogens is 1. The minimum atomic E-state index is -0.760. The van der Waals surface area contributed by atoms with Gasteiger partial charge < -0.3 is 19.5 Å². The Balaban J connectivity index is 0.000000278. The van der Waals surface area contributed by atoms with Gasteiger partial charge in [-0.2, -0.15) is 5.26 Å². The van der Waals surface area contributed by atoms with Crippen molar-refractivity contribution in [3.63, 3.8) is 0 Å². The molecule has 7 nitrogen and oxygen atoms in total. The van der Waals surface area contributed by atoms with Crippen LogP contribution in [-0.4, -0.2) is 43.9 Å². The van der Waals surface area contributed by atoms with Gasteiger partial charge in [0.2, 0.25) is 0 Å². The lowest BCUT2D eigenvalue weighted by molar-refractivity contribution is -0.112. The van der Waals surface area contributed by atoms with Gasteiger partial charge in [-0.25, -0.2) is 4.98 Å². The number of aldehydes is 1. The van der Waals surface area contributed by atoms with Gasteiger partial charge >= 0.3 is 0 Å². The first-order valence-corrected chi connectivity index (χ1v) is 13.0. The van der Waals surface area contributed by atoms with Crippen molar-refractivity contribution < 1.29 is 19.0 Å². The second-order valence-corrected chi connectivity index (χ2v) is 10.3. The number of hydrogen-bond acceptors (Lipinski definition) is 9. The van der Waals surface area contributed by atoms with Crippen LogP contribution in [0.5, 0.6) is 17.2 Å². The monoisotopic (exact) mass is 537 g/mol. The fourth-order valence-corrected chi connectivity index (χ4v) is 4.90. The van der Waals surface area contributed by atoms with Crippen molar-refractivity contribution in [3.8, 4) is 23.3 Å². The fraction of sp³-hybridized carbons (Fsp3) is 0.250. The van der Waals surface area contributed by atoms with Gasteiger partial charge in [0.15, 0.2) is 29.0 Å². The second-order valence-electron chi connectivity index (χ2n) is 7.65. The zero-order valence-corrected chi connectivity index (χ0v) is 23.2. The minimum absolute atomic E-state index is 0.352. The van der Waals surface area contributed by atoms with Gasteiger partial charge in [0.1, 0.15) is 5.75 Å². The van der Waals surface area contributed by atoms with Crippen LogP contribution < -0.4 is 19.5 Å². The molecule has 0 saturated heterocycles. The summed E-state index contributed by atoms with van der Waals surface area (Å²) in [6.45, 7) is 11.7. The van der Waals surface area contributed by atoms with Crippen molar-refractivity contribution in [2.75, 3.05) is 26.6 Å². The number of anilines is 1. The van der Waals surface area contributed by atoms with Crippen molar-refractivity contribution in [2.24, 2.45) is 0 Å². The van der Waals surface area contributed by atoms with Crippen molar-refractivity contribution in [2.45, 2.75) is 25.2 Å². The van der Waals surface area contributed by atoms with Crippen molar-refractivity contribution in [1.82, 2.24) is 4.98 Å². The fourth-order valence-electron chi connectivity index (χ4n) is 3.13. The normalized spacial score (nSPS) is 11.8. The third-order valence-corrected chi connectivity index (χ3v) is 7.00. The molecule has 1 N–H and O–H groups in total. The average Bonchev–Trinajstić information content (AvgIpc) is 3.33.